The minimum absolute atomic E-state index is 0.0136. The SMILES string of the molecule is CCCC1NC(=O)C(C)(C)N(Cc2cnn(C)c2)C1=O. The third-order valence-electron chi connectivity index (χ3n) is 3.78. The Morgan fingerprint density at radius 3 is 2.65 bits per heavy atom. The molecule has 1 aliphatic heterocycles. The average Bonchev–Trinajstić information content (AvgIpc) is 2.78. The van der Waals surface area contributed by atoms with Gasteiger partial charge in [0.1, 0.15) is 11.6 Å². The number of hydrogen-bond acceptors (Lipinski definition) is 3. The van der Waals surface area contributed by atoms with Crippen molar-refractivity contribution in [3.05, 3.63) is 18.0 Å². The Labute approximate surface area is 119 Å². The Balaban J connectivity index is 2.25. The van der Waals surface area contributed by atoms with E-state index in [-0.39, 0.29) is 11.8 Å². The van der Waals surface area contributed by atoms with E-state index in [0.717, 1.165) is 12.0 Å². The van der Waals surface area contributed by atoms with Crippen molar-refractivity contribution in [2.45, 2.75) is 51.7 Å². The Hall–Kier alpha value is -1.85. The van der Waals surface area contributed by atoms with Crippen molar-refractivity contribution in [2.75, 3.05) is 0 Å². The number of nitrogens with one attached hydrogen (secondary N) is 1. The first-order chi connectivity index (χ1) is 9.36. The maximum Gasteiger partial charge on any atom is 0.246 e. The highest BCUT2D eigenvalue weighted by atomic mass is 16.2. The molecule has 0 bridgehead atoms. The largest absolute Gasteiger partial charge is 0.342 e. The molecule has 1 aromatic heterocycles. The van der Waals surface area contributed by atoms with Crippen LogP contribution in [0.4, 0.5) is 0 Å². The van der Waals surface area contributed by atoms with E-state index in [2.05, 4.69) is 10.4 Å². The second kappa shape index (κ2) is 5.26. The molecular weight excluding hydrogens is 256 g/mol. The molecule has 1 N–H and O–H groups in total. The fourth-order valence-corrected chi connectivity index (χ4v) is 2.48. The van der Waals surface area contributed by atoms with E-state index in [9.17, 15) is 9.59 Å². The molecule has 110 valence electrons. The van der Waals surface area contributed by atoms with Crippen LogP contribution in [0, 0.1) is 0 Å². The smallest absolute Gasteiger partial charge is 0.246 e. The van der Waals surface area contributed by atoms with E-state index in [0.29, 0.717) is 13.0 Å². The van der Waals surface area contributed by atoms with Crippen molar-refractivity contribution < 1.29 is 9.59 Å². The lowest BCUT2D eigenvalue weighted by molar-refractivity contribution is -0.156. The van der Waals surface area contributed by atoms with Crippen LogP contribution in [0.5, 0.6) is 0 Å². The van der Waals surface area contributed by atoms with E-state index < -0.39 is 11.6 Å². The zero-order valence-electron chi connectivity index (χ0n) is 12.5. The van der Waals surface area contributed by atoms with Crippen molar-refractivity contribution in [1.82, 2.24) is 20.0 Å². The van der Waals surface area contributed by atoms with Crippen LogP contribution in [0.2, 0.25) is 0 Å². The minimum atomic E-state index is -0.836. The molecule has 0 spiro atoms. The predicted octanol–water partition coefficient (Wildman–Crippen LogP) is 0.826. The Morgan fingerprint density at radius 1 is 1.40 bits per heavy atom. The third kappa shape index (κ3) is 2.55. The highest BCUT2D eigenvalue weighted by molar-refractivity contribution is 5.99. The molecule has 2 rings (SSSR count). The molecule has 6 nitrogen and oxygen atoms in total. The van der Waals surface area contributed by atoms with E-state index in [1.807, 2.05) is 20.2 Å². The fraction of sp³-hybridized carbons (Fsp3) is 0.643. The van der Waals surface area contributed by atoms with Gasteiger partial charge in [0.25, 0.3) is 0 Å². The van der Waals surface area contributed by atoms with Crippen LogP contribution in [0.15, 0.2) is 12.4 Å². The molecule has 2 heterocycles. The van der Waals surface area contributed by atoms with Gasteiger partial charge in [0, 0.05) is 25.4 Å². The van der Waals surface area contributed by atoms with E-state index >= 15 is 0 Å². The van der Waals surface area contributed by atoms with Gasteiger partial charge in [-0.1, -0.05) is 13.3 Å². The van der Waals surface area contributed by atoms with E-state index in [4.69, 9.17) is 0 Å². The number of amides is 2. The molecule has 20 heavy (non-hydrogen) atoms. The van der Waals surface area contributed by atoms with Crippen molar-refractivity contribution >= 4 is 11.8 Å². The summed E-state index contributed by atoms with van der Waals surface area (Å²) in [5, 5.41) is 6.93. The van der Waals surface area contributed by atoms with Crippen LogP contribution < -0.4 is 5.32 Å². The predicted molar refractivity (Wildman–Crippen MR) is 74.7 cm³/mol. The summed E-state index contributed by atoms with van der Waals surface area (Å²) in [4.78, 5) is 26.5. The van der Waals surface area contributed by atoms with Crippen molar-refractivity contribution in [1.29, 1.82) is 0 Å². The van der Waals surface area contributed by atoms with Crippen molar-refractivity contribution in [2.24, 2.45) is 7.05 Å². The topological polar surface area (TPSA) is 67.2 Å². The molecule has 0 radical (unpaired) electrons. The van der Waals surface area contributed by atoms with Gasteiger partial charge in [-0.2, -0.15) is 5.10 Å². The number of piperazine rings is 1. The normalized spacial score (nSPS) is 22.0. The minimum Gasteiger partial charge on any atom is -0.342 e. The average molecular weight is 278 g/mol. The first-order valence-corrected chi connectivity index (χ1v) is 6.96. The molecule has 6 heteroatoms. The fourth-order valence-electron chi connectivity index (χ4n) is 2.48. The highest BCUT2D eigenvalue weighted by Crippen LogP contribution is 2.24. The maximum absolute atomic E-state index is 12.6. The van der Waals surface area contributed by atoms with Gasteiger partial charge in [-0.3, -0.25) is 14.3 Å². The summed E-state index contributed by atoms with van der Waals surface area (Å²) in [6, 6.07) is -0.405. The molecule has 0 aliphatic carbocycles. The highest BCUT2D eigenvalue weighted by Gasteiger charge is 2.45. The molecule has 0 saturated carbocycles. The molecule has 1 aromatic rings. The van der Waals surface area contributed by atoms with E-state index in [1.165, 1.54) is 0 Å². The maximum atomic E-state index is 12.6. The van der Waals surface area contributed by atoms with Gasteiger partial charge in [0.05, 0.1) is 6.20 Å². The third-order valence-corrected chi connectivity index (χ3v) is 3.78. The van der Waals surface area contributed by atoms with Gasteiger partial charge in [-0.25, -0.2) is 0 Å². The molecule has 0 aromatic carbocycles. The number of hydrogen-bond donors (Lipinski definition) is 1. The first-order valence-electron chi connectivity index (χ1n) is 6.96. The molecule has 1 atom stereocenters. The summed E-state index contributed by atoms with van der Waals surface area (Å²) in [5.41, 5.74) is 0.0934. The number of carbonyl (C=O) groups is 2. The molecule has 1 aliphatic rings. The Bertz CT molecular complexity index is 521. The molecular formula is C14H22N4O2. The number of rotatable bonds is 4. The zero-order chi connectivity index (χ0) is 14.9. The van der Waals surface area contributed by atoms with Gasteiger partial charge in [-0.05, 0) is 20.3 Å². The van der Waals surface area contributed by atoms with Crippen molar-refractivity contribution in [3.63, 3.8) is 0 Å². The molecule has 1 saturated heterocycles. The second-order valence-electron chi connectivity index (χ2n) is 5.82. The van der Waals surface area contributed by atoms with Crippen LogP contribution in [0.3, 0.4) is 0 Å². The summed E-state index contributed by atoms with van der Waals surface area (Å²) in [7, 11) is 1.83. The summed E-state index contributed by atoms with van der Waals surface area (Å²) in [5.74, 6) is -0.111. The van der Waals surface area contributed by atoms with Crippen LogP contribution >= 0.6 is 0 Å². The second-order valence-corrected chi connectivity index (χ2v) is 5.82. The number of nitrogens with zero attached hydrogens (tertiary/aromatic N) is 3. The van der Waals surface area contributed by atoms with Crippen LogP contribution in [0.1, 0.15) is 39.2 Å². The van der Waals surface area contributed by atoms with Gasteiger partial charge in [-0.15, -0.1) is 0 Å². The summed E-state index contributed by atoms with van der Waals surface area (Å²) < 4.78 is 1.69. The molecule has 1 fully saturated rings. The molecule has 2 amide bonds. The quantitative estimate of drug-likeness (QED) is 0.887. The van der Waals surface area contributed by atoms with Gasteiger partial charge < -0.3 is 10.2 Å². The first kappa shape index (κ1) is 14.6. The lowest BCUT2D eigenvalue weighted by Crippen LogP contribution is -2.67. The van der Waals surface area contributed by atoms with Gasteiger partial charge in [0.15, 0.2) is 0 Å². The van der Waals surface area contributed by atoms with Gasteiger partial charge >= 0.3 is 0 Å². The molecule has 1 unspecified atom stereocenters. The van der Waals surface area contributed by atoms with Crippen LogP contribution in [0.25, 0.3) is 0 Å². The van der Waals surface area contributed by atoms with Crippen LogP contribution in [-0.4, -0.2) is 38.1 Å². The number of carbonyl (C=O) groups excluding carboxylic acids is 2. The standard InChI is InChI=1S/C14H22N4O2/c1-5-6-11-12(19)18(14(2,3)13(20)16-11)9-10-7-15-17(4)8-10/h7-8,11H,5-6,9H2,1-4H3,(H,16,20). The number of aromatic nitrogens is 2. The monoisotopic (exact) mass is 278 g/mol. The summed E-state index contributed by atoms with van der Waals surface area (Å²) in [6.45, 7) is 5.97. The summed E-state index contributed by atoms with van der Waals surface area (Å²) >= 11 is 0. The van der Waals surface area contributed by atoms with Crippen molar-refractivity contribution in [3.8, 4) is 0 Å². The van der Waals surface area contributed by atoms with Gasteiger partial charge in [0.2, 0.25) is 11.8 Å². The van der Waals surface area contributed by atoms with E-state index in [1.54, 1.807) is 29.6 Å². The number of aryl methyl sites for hydroxylation is 1. The zero-order valence-corrected chi connectivity index (χ0v) is 12.5. The lowest BCUT2D eigenvalue weighted by Gasteiger charge is -2.44. The lowest BCUT2D eigenvalue weighted by atomic mass is 9.93. The Kier molecular flexibility index (Phi) is 3.83. The van der Waals surface area contributed by atoms with Crippen LogP contribution in [-0.2, 0) is 23.2 Å². The summed E-state index contributed by atoms with van der Waals surface area (Å²) in [6.07, 6.45) is 5.12. The Morgan fingerprint density at radius 2 is 2.10 bits per heavy atom.